The molecule has 1 fully saturated rings. The first kappa shape index (κ1) is 21.2. The van der Waals surface area contributed by atoms with Gasteiger partial charge in [-0.05, 0) is 31.9 Å². The van der Waals surface area contributed by atoms with Gasteiger partial charge in [0.2, 0.25) is 5.91 Å². The average molecular weight is 420 g/mol. The van der Waals surface area contributed by atoms with E-state index in [0.29, 0.717) is 0 Å². The molecule has 0 bridgehead atoms. The van der Waals surface area contributed by atoms with Crippen LogP contribution in [0.4, 0.5) is 0 Å². The van der Waals surface area contributed by atoms with Crippen molar-refractivity contribution in [1.29, 1.82) is 0 Å². The molecule has 2 aliphatic heterocycles. The summed E-state index contributed by atoms with van der Waals surface area (Å²) in [6.45, 7) is 4.55. The van der Waals surface area contributed by atoms with Crippen LogP contribution in [-0.2, 0) is 36.3 Å². The summed E-state index contributed by atoms with van der Waals surface area (Å²) in [5.74, 6) is -1.74. The molecule has 156 valence electrons. The molecular weight excluding hydrogens is 396 g/mol. The van der Waals surface area contributed by atoms with Crippen molar-refractivity contribution < 1.29 is 28.4 Å². The third-order valence-electron chi connectivity index (χ3n) is 4.51. The molecule has 1 unspecified atom stereocenters. The standard InChI is InChI=1S/C20H24N2O6S/c1-20(2,3)28-19(26)16-13(10-23)11-29(27)18-15(17(25)22(16)18)21-14(24)9-12-7-5-4-6-8-12/h4-8,15,18,23H,9-11H2,1-3H3,(H,21,24)/t15-,18-,29?/m1/s1. The molecule has 1 saturated heterocycles. The van der Waals surface area contributed by atoms with Gasteiger partial charge in [0.15, 0.2) is 0 Å². The summed E-state index contributed by atoms with van der Waals surface area (Å²) in [5.41, 5.74) is 0.102. The number of aliphatic hydroxyl groups is 1. The lowest BCUT2D eigenvalue weighted by atomic mass is 10.0. The Morgan fingerprint density at radius 3 is 2.52 bits per heavy atom. The maximum atomic E-state index is 12.7. The molecule has 1 aromatic rings. The molecular formula is C20H24N2O6S. The molecule has 3 rings (SSSR count). The van der Waals surface area contributed by atoms with Crippen molar-refractivity contribution in [3.8, 4) is 0 Å². The number of hydrogen-bond acceptors (Lipinski definition) is 6. The van der Waals surface area contributed by atoms with Crippen LogP contribution in [0, 0.1) is 0 Å². The van der Waals surface area contributed by atoms with Crippen molar-refractivity contribution >= 4 is 28.6 Å². The lowest BCUT2D eigenvalue weighted by molar-refractivity contribution is -0.159. The van der Waals surface area contributed by atoms with Gasteiger partial charge >= 0.3 is 5.97 Å². The zero-order valence-electron chi connectivity index (χ0n) is 16.5. The van der Waals surface area contributed by atoms with Gasteiger partial charge in [-0.3, -0.25) is 18.7 Å². The van der Waals surface area contributed by atoms with Gasteiger partial charge in [0, 0.05) is 0 Å². The summed E-state index contributed by atoms with van der Waals surface area (Å²) in [6, 6.07) is 8.06. The molecule has 0 saturated carbocycles. The molecule has 0 radical (unpaired) electrons. The van der Waals surface area contributed by atoms with Gasteiger partial charge in [0.1, 0.15) is 22.7 Å². The van der Waals surface area contributed by atoms with Crippen LogP contribution in [0.15, 0.2) is 41.6 Å². The summed E-state index contributed by atoms with van der Waals surface area (Å²) >= 11 is 0. The Hall–Kier alpha value is -2.52. The molecule has 29 heavy (non-hydrogen) atoms. The van der Waals surface area contributed by atoms with E-state index in [1.54, 1.807) is 32.9 Å². The number of fused-ring (bicyclic) bond motifs is 1. The number of β-lactam (4-membered cyclic amide) rings is 1. The van der Waals surface area contributed by atoms with E-state index in [4.69, 9.17) is 4.74 Å². The van der Waals surface area contributed by atoms with Crippen LogP contribution in [0.1, 0.15) is 26.3 Å². The highest BCUT2D eigenvalue weighted by Gasteiger charge is 2.57. The Bertz CT molecular complexity index is 890. The van der Waals surface area contributed by atoms with E-state index < -0.39 is 46.3 Å². The van der Waals surface area contributed by atoms with Gasteiger partial charge in [-0.15, -0.1) is 0 Å². The zero-order valence-corrected chi connectivity index (χ0v) is 17.3. The normalized spacial score (nSPS) is 23.9. The summed E-state index contributed by atoms with van der Waals surface area (Å²) < 4.78 is 18.0. The van der Waals surface area contributed by atoms with Crippen molar-refractivity contribution in [3.63, 3.8) is 0 Å². The molecule has 1 aromatic carbocycles. The molecule has 2 aliphatic rings. The quantitative estimate of drug-likeness (QED) is 0.521. The monoisotopic (exact) mass is 420 g/mol. The SMILES string of the molecule is CC(C)(C)OC(=O)C1=C(CO)CS(=O)[C@@H]2[C@H](NC(=O)Cc3ccccc3)C(=O)N12. The van der Waals surface area contributed by atoms with Crippen molar-refractivity contribution in [1.82, 2.24) is 10.2 Å². The number of rotatable bonds is 5. The lowest BCUT2D eigenvalue weighted by Crippen LogP contribution is -2.73. The maximum absolute atomic E-state index is 12.7. The number of carbonyl (C=O) groups is 3. The minimum atomic E-state index is -1.57. The second-order valence-corrected chi connectivity index (χ2v) is 9.48. The van der Waals surface area contributed by atoms with Gasteiger partial charge in [-0.25, -0.2) is 4.79 Å². The molecule has 2 heterocycles. The highest BCUT2D eigenvalue weighted by molar-refractivity contribution is 7.86. The van der Waals surface area contributed by atoms with Gasteiger partial charge in [0.25, 0.3) is 5.91 Å². The molecule has 0 aromatic heterocycles. The Kier molecular flexibility index (Phi) is 5.90. The molecule has 3 atom stereocenters. The van der Waals surface area contributed by atoms with E-state index >= 15 is 0 Å². The fraction of sp³-hybridized carbons (Fsp3) is 0.450. The average Bonchev–Trinajstić information content (AvgIpc) is 2.64. The van der Waals surface area contributed by atoms with Crippen molar-refractivity contribution in [2.75, 3.05) is 12.4 Å². The lowest BCUT2D eigenvalue weighted by Gasteiger charge is -2.49. The topological polar surface area (TPSA) is 113 Å². The first-order valence-corrected chi connectivity index (χ1v) is 10.6. The van der Waals surface area contributed by atoms with Crippen LogP contribution < -0.4 is 5.32 Å². The number of esters is 1. The largest absolute Gasteiger partial charge is 0.455 e. The van der Waals surface area contributed by atoms with Crippen LogP contribution in [0.5, 0.6) is 0 Å². The number of nitrogens with zero attached hydrogens (tertiary/aromatic N) is 1. The first-order chi connectivity index (χ1) is 13.6. The molecule has 9 heteroatoms. The summed E-state index contributed by atoms with van der Waals surface area (Å²) in [7, 11) is -1.57. The van der Waals surface area contributed by atoms with Gasteiger partial charge < -0.3 is 15.2 Å². The molecule has 0 spiro atoms. The molecule has 2 N–H and O–H groups in total. The number of benzene rings is 1. The predicted molar refractivity (Wildman–Crippen MR) is 106 cm³/mol. The maximum Gasteiger partial charge on any atom is 0.355 e. The Balaban J connectivity index is 1.78. The number of nitrogens with one attached hydrogen (secondary N) is 1. The van der Waals surface area contributed by atoms with Crippen LogP contribution in [0.25, 0.3) is 0 Å². The smallest absolute Gasteiger partial charge is 0.355 e. The van der Waals surface area contributed by atoms with E-state index in [1.807, 2.05) is 18.2 Å². The second kappa shape index (κ2) is 8.08. The Morgan fingerprint density at radius 2 is 1.93 bits per heavy atom. The van der Waals surface area contributed by atoms with E-state index in [9.17, 15) is 23.7 Å². The van der Waals surface area contributed by atoms with Crippen LogP contribution in [0.2, 0.25) is 0 Å². The number of hydrogen-bond donors (Lipinski definition) is 2. The minimum absolute atomic E-state index is 0.0649. The van der Waals surface area contributed by atoms with Gasteiger partial charge in [-0.2, -0.15) is 0 Å². The van der Waals surface area contributed by atoms with E-state index in [2.05, 4.69) is 5.32 Å². The van der Waals surface area contributed by atoms with Crippen LogP contribution >= 0.6 is 0 Å². The predicted octanol–water partition coefficient (Wildman–Crippen LogP) is 0.233. The summed E-state index contributed by atoms with van der Waals surface area (Å²) in [4.78, 5) is 38.8. The van der Waals surface area contributed by atoms with Gasteiger partial charge in [-0.1, -0.05) is 30.3 Å². The number of amides is 2. The van der Waals surface area contributed by atoms with E-state index in [-0.39, 0.29) is 29.4 Å². The number of aliphatic hydroxyl groups excluding tert-OH is 1. The van der Waals surface area contributed by atoms with Crippen LogP contribution in [0.3, 0.4) is 0 Å². The minimum Gasteiger partial charge on any atom is -0.455 e. The highest BCUT2D eigenvalue weighted by atomic mass is 32.2. The Labute approximate surface area is 171 Å². The summed E-state index contributed by atoms with van der Waals surface area (Å²) in [6.07, 6.45) is 0.0840. The van der Waals surface area contributed by atoms with E-state index in [0.717, 1.165) is 10.5 Å². The molecule has 2 amide bonds. The molecule has 0 aliphatic carbocycles. The summed E-state index contributed by atoms with van der Waals surface area (Å²) in [5, 5.41) is 11.4. The highest BCUT2D eigenvalue weighted by Crippen LogP contribution is 2.35. The van der Waals surface area contributed by atoms with E-state index in [1.165, 1.54) is 0 Å². The van der Waals surface area contributed by atoms with Crippen molar-refractivity contribution in [3.05, 3.63) is 47.2 Å². The van der Waals surface area contributed by atoms with Crippen molar-refractivity contribution in [2.24, 2.45) is 0 Å². The third-order valence-corrected chi connectivity index (χ3v) is 6.17. The Morgan fingerprint density at radius 1 is 1.28 bits per heavy atom. The fourth-order valence-corrected chi connectivity index (χ4v) is 4.97. The fourth-order valence-electron chi connectivity index (χ4n) is 3.30. The number of carbonyl (C=O) groups excluding carboxylic acids is 3. The first-order valence-electron chi connectivity index (χ1n) is 9.22. The van der Waals surface area contributed by atoms with Crippen molar-refractivity contribution in [2.45, 2.75) is 44.2 Å². The second-order valence-electron chi connectivity index (χ2n) is 7.94. The van der Waals surface area contributed by atoms with Crippen LogP contribution in [-0.4, -0.2) is 61.4 Å². The van der Waals surface area contributed by atoms with Gasteiger partial charge in [0.05, 0.1) is 29.6 Å². The number of ether oxygens (including phenoxy) is 1. The third kappa shape index (κ3) is 4.40. The molecule has 8 nitrogen and oxygen atoms in total. The zero-order chi connectivity index (χ0) is 21.3.